The quantitative estimate of drug-likeness (QED) is 0.419. The zero-order chi connectivity index (χ0) is 12.6. The van der Waals surface area contributed by atoms with Crippen LogP contribution < -0.4 is 5.32 Å². The van der Waals surface area contributed by atoms with Crippen molar-refractivity contribution in [3.63, 3.8) is 0 Å². The van der Waals surface area contributed by atoms with Crippen LogP contribution in [0.5, 0.6) is 0 Å². The maximum atomic E-state index is 11.2. The van der Waals surface area contributed by atoms with Crippen molar-refractivity contribution in [1.82, 2.24) is 5.32 Å². The zero-order valence-electron chi connectivity index (χ0n) is 10.1. The van der Waals surface area contributed by atoms with Gasteiger partial charge in [0.05, 0.1) is 25.9 Å². The average molecular weight is 231 g/mol. The van der Waals surface area contributed by atoms with E-state index in [1.54, 1.807) is 13.0 Å². The first-order valence-electron chi connectivity index (χ1n) is 5.27. The number of carbonyl (C=O) groups is 1. The molecule has 0 aliphatic heterocycles. The lowest BCUT2D eigenvalue weighted by Gasteiger charge is -2.25. The summed E-state index contributed by atoms with van der Waals surface area (Å²) in [5.74, 6) is -0.348. The van der Waals surface area contributed by atoms with Crippen molar-refractivity contribution in [2.45, 2.75) is 25.8 Å². The molecule has 3 N–H and O–H groups in total. The summed E-state index contributed by atoms with van der Waals surface area (Å²) in [6, 6.07) is 0. The molecule has 0 rings (SSSR count). The Hall–Kier alpha value is -0.910. The highest BCUT2D eigenvalue weighted by molar-refractivity contribution is 5.88. The molecule has 16 heavy (non-hydrogen) atoms. The summed E-state index contributed by atoms with van der Waals surface area (Å²) in [6.07, 6.45) is 2.29. The fourth-order valence-corrected chi connectivity index (χ4v) is 1.09. The molecule has 0 heterocycles. The minimum atomic E-state index is -0.731. The number of rotatable bonds is 7. The number of hydrogen-bond donors (Lipinski definition) is 3. The van der Waals surface area contributed by atoms with Crippen LogP contribution in [0.15, 0.2) is 11.6 Å². The Morgan fingerprint density at radius 1 is 1.44 bits per heavy atom. The Kier molecular flexibility index (Phi) is 6.96. The van der Waals surface area contributed by atoms with Gasteiger partial charge in [-0.3, -0.25) is 0 Å². The molecule has 94 valence electrons. The normalized spacial score (nSPS) is 12.7. The highest BCUT2D eigenvalue weighted by Gasteiger charge is 2.20. The summed E-state index contributed by atoms with van der Waals surface area (Å²) in [5, 5.41) is 21.0. The van der Waals surface area contributed by atoms with E-state index in [2.05, 4.69) is 10.1 Å². The molecule has 0 aromatic rings. The van der Waals surface area contributed by atoms with Crippen molar-refractivity contribution in [3.8, 4) is 0 Å². The van der Waals surface area contributed by atoms with Crippen molar-refractivity contribution >= 4 is 5.97 Å². The number of methoxy groups -OCH3 is 1. The molecule has 0 saturated carbocycles. The smallest absolute Gasteiger partial charge is 0.333 e. The molecule has 0 amide bonds. The fraction of sp³-hybridized carbons (Fsp3) is 0.727. The number of aliphatic hydroxyl groups excluding tert-OH is 2. The van der Waals surface area contributed by atoms with Crippen LogP contribution in [-0.4, -0.2) is 48.6 Å². The summed E-state index contributed by atoms with van der Waals surface area (Å²) in [5.41, 5.74) is -0.154. The van der Waals surface area contributed by atoms with E-state index in [1.165, 1.54) is 7.11 Å². The first-order valence-corrected chi connectivity index (χ1v) is 5.27. The Morgan fingerprint density at radius 3 is 2.38 bits per heavy atom. The maximum absolute atomic E-state index is 11.2. The van der Waals surface area contributed by atoms with Crippen molar-refractivity contribution in [2.24, 2.45) is 0 Å². The van der Waals surface area contributed by atoms with Crippen LogP contribution in [0, 0.1) is 0 Å². The average Bonchev–Trinajstić information content (AvgIpc) is 2.33. The van der Waals surface area contributed by atoms with Crippen LogP contribution in [0.25, 0.3) is 0 Å². The minimum Gasteiger partial charge on any atom is -0.466 e. The van der Waals surface area contributed by atoms with Crippen LogP contribution in [0.4, 0.5) is 0 Å². The first-order chi connectivity index (χ1) is 7.52. The Bertz CT molecular complexity index is 246. The molecular weight excluding hydrogens is 210 g/mol. The van der Waals surface area contributed by atoms with Gasteiger partial charge in [-0.1, -0.05) is 13.0 Å². The van der Waals surface area contributed by atoms with Gasteiger partial charge >= 0.3 is 5.97 Å². The molecule has 0 saturated heterocycles. The van der Waals surface area contributed by atoms with Gasteiger partial charge in [0, 0.05) is 12.1 Å². The van der Waals surface area contributed by atoms with Gasteiger partial charge in [-0.25, -0.2) is 4.79 Å². The van der Waals surface area contributed by atoms with E-state index >= 15 is 0 Å². The Labute approximate surface area is 96.1 Å². The summed E-state index contributed by atoms with van der Waals surface area (Å²) in [7, 11) is 1.34. The Morgan fingerprint density at radius 2 is 2.00 bits per heavy atom. The number of carbonyl (C=O) groups excluding carboxylic acids is 1. The zero-order valence-corrected chi connectivity index (χ0v) is 10.1. The molecule has 0 atom stereocenters. The molecular formula is C11H21NO4. The number of nitrogens with one attached hydrogen (secondary N) is 1. The summed E-state index contributed by atoms with van der Waals surface area (Å²) in [6.45, 7) is 3.62. The van der Waals surface area contributed by atoms with Gasteiger partial charge in [-0.15, -0.1) is 0 Å². The lowest BCUT2D eigenvalue weighted by atomic mass is 10.1. The van der Waals surface area contributed by atoms with Crippen molar-refractivity contribution in [1.29, 1.82) is 0 Å². The van der Waals surface area contributed by atoms with Crippen LogP contribution >= 0.6 is 0 Å². The lowest BCUT2D eigenvalue weighted by Crippen LogP contribution is -2.49. The topological polar surface area (TPSA) is 78.8 Å². The van der Waals surface area contributed by atoms with Crippen molar-refractivity contribution in [3.05, 3.63) is 11.6 Å². The molecule has 0 bridgehead atoms. The highest BCUT2D eigenvalue weighted by atomic mass is 16.5. The molecule has 0 fully saturated rings. The maximum Gasteiger partial charge on any atom is 0.333 e. The molecule has 0 aromatic heterocycles. The second-order valence-corrected chi connectivity index (χ2v) is 3.83. The van der Waals surface area contributed by atoms with E-state index < -0.39 is 5.54 Å². The third-order valence-electron chi connectivity index (χ3n) is 2.40. The van der Waals surface area contributed by atoms with Crippen LogP contribution in [-0.2, 0) is 9.53 Å². The first kappa shape index (κ1) is 15.1. The molecule has 5 heteroatoms. The number of hydrogen-bond acceptors (Lipinski definition) is 5. The minimum absolute atomic E-state index is 0.170. The summed E-state index contributed by atoms with van der Waals surface area (Å²) >= 11 is 0. The highest BCUT2D eigenvalue weighted by Crippen LogP contribution is 2.04. The van der Waals surface area contributed by atoms with Gasteiger partial charge in [0.15, 0.2) is 0 Å². The molecule has 0 aliphatic rings. The number of ether oxygens (including phenoxy) is 1. The van der Waals surface area contributed by atoms with E-state index in [0.717, 1.165) is 0 Å². The predicted molar refractivity (Wildman–Crippen MR) is 61.0 cm³/mol. The molecule has 0 aromatic carbocycles. The van der Waals surface area contributed by atoms with Gasteiger partial charge in [0.2, 0.25) is 0 Å². The molecule has 0 spiro atoms. The monoisotopic (exact) mass is 231 g/mol. The van der Waals surface area contributed by atoms with E-state index in [4.69, 9.17) is 10.2 Å². The lowest BCUT2D eigenvalue weighted by molar-refractivity contribution is -0.136. The van der Waals surface area contributed by atoms with E-state index in [9.17, 15) is 4.79 Å². The van der Waals surface area contributed by atoms with Gasteiger partial charge in [0.1, 0.15) is 0 Å². The predicted octanol–water partition coefficient (Wildman–Crippen LogP) is -0.171. The van der Waals surface area contributed by atoms with E-state index in [0.29, 0.717) is 18.5 Å². The van der Waals surface area contributed by atoms with Crippen LogP contribution in [0.2, 0.25) is 0 Å². The second kappa shape index (κ2) is 7.38. The van der Waals surface area contributed by atoms with Crippen molar-refractivity contribution < 1.29 is 19.7 Å². The summed E-state index contributed by atoms with van der Waals surface area (Å²) in [4.78, 5) is 11.2. The van der Waals surface area contributed by atoms with Gasteiger partial charge in [-0.2, -0.15) is 0 Å². The van der Waals surface area contributed by atoms with E-state index in [-0.39, 0.29) is 19.2 Å². The fourth-order valence-electron chi connectivity index (χ4n) is 1.09. The van der Waals surface area contributed by atoms with E-state index in [1.807, 2.05) is 6.92 Å². The van der Waals surface area contributed by atoms with Crippen LogP contribution in [0.3, 0.4) is 0 Å². The summed E-state index contributed by atoms with van der Waals surface area (Å²) < 4.78 is 4.60. The molecule has 0 aliphatic carbocycles. The largest absolute Gasteiger partial charge is 0.466 e. The Balaban J connectivity index is 4.30. The molecule has 0 radical (unpaired) electrons. The second-order valence-electron chi connectivity index (χ2n) is 3.83. The van der Waals surface area contributed by atoms with Gasteiger partial charge < -0.3 is 20.3 Å². The standard InChI is InChI=1S/C11H21NO4/c1-4-9(10(15)16-3)5-6-12-11(2,7-13)8-14/h5,12-14H,4,6-8H2,1-3H3. The molecule has 0 unspecified atom stereocenters. The van der Waals surface area contributed by atoms with Crippen molar-refractivity contribution in [2.75, 3.05) is 26.9 Å². The SMILES string of the molecule is CCC(=CCNC(C)(CO)CO)C(=O)OC. The third-order valence-corrected chi connectivity index (χ3v) is 2.40. The van der Waals surface area contributed by atoms with Crippen LogP contribution in [0.1, 0.15) is 20.3 Å². The van der Waals surface area contributed by atoms with Gasteiger partial charge in [-0.05, 0) is 13.3 Å². The number of aliphatic hydroxyl groups is 2. The molecule has 5 nitrogen and oxygen atoms in total. The number of esters is 1. The van der Waals surface area contributed by atoms with Gasteiger partial charge in [0.25, 0.3) is 0 Å². The third kappa shape index (κ3) is 4.74.